The van der Waals surface area contributed by atoms with Gasteiger partial charge in [0.25, 0.3) is 5.91 Å². The predicted molar refractivity (Wildman–Crippen MR) is 71.4 cm³/mol. The minimum Gasteiger partial charge on any atom is -0.317 e. The molecule has 4 nitrogen and oxygen atoms in total. The van der Waals surface area contributed by atoms with E-state index in [9.17, 15) is 9.18 Å². The molecule has 0 aliphatic rings. The lowest BCUT2D eigenvalue weighted by atomic mass is 10.2. The Labute approximate surface area is 122 Å². The summed E-state index contributed by atoms with van der Waals surface area (Å²) in [5.74, 6) is -1.55. The molecule has 1 aromatic heterocycles. The second-order valence-electron chi connectivity index (χ2n) is 3.38. The van der Waals surface area contributed by atoms with Gasteiger partial charge in [-0.15, -0.1) is 0 Å². The highest BCUT2D eigenvalue weighted by molar-refractivity contribution is 6.39. The summed E-state index contributed by atoms with van der Waals surface area (Å²) in [5, 5.41) is 2.19. The molecule has 0 saturated heterocycles. The van der Waals surface area contributed by atoms with Gasteiger partial charge in [-0.25, -0.2) is 14.4 Å². The van der Waals surface area contributed by atoms with Gasteiger partial charge in [-0.3, -0.25) is 4.79 Å². The number of halogens is 4. The van der Waals surface area contributed by atoms with Crippen molar-refractivity contribution in [1.82, 2.24) is 9.97 Å². The van der Waals surface area contributed by atoms with Gasteiger partial charge in [0.05, 0.1) is 10.6 Å². The zero-order chi connectivity index (χ0) is 14.0. The number of nitrogens with zero attached hydrogens (tertiary/aromatic N) is 2. The van der Waals surface area contributed by atoms with Crippen LogP contribution in [0, 0.1) is 5.82 Å². The van der Waals surface area contributed by atoms with Crippen LogP contribution in [0.5, 0.6) is 0 Å². The highest BCUT2D eigenvalue weighted by Gasteiger charge is 2.18. The molecule has 0 fully saturated rings. The third-order valence-electron chi connectivity index (χ3n) is 2.18. The number of carbonyl (C=O) groups is 1. The summed E-state index contributed by atoms with van der Waals surface area (Å²) in [7, 11) is 0. The summed E-state index contributed by atoms with van der Waals surface area (Å²) < 4.78 is 13.6. The van der Waals surface area contributed by atoms with Gasteiger partial charge in [0.15, 0.2) is 10.3 Å². The summed E-state index contributed by atoms with van der Waals surface area (Å²) >= 11 is 17.3. The van der Waals surface area contributed by atoms with E-state index < -0.39 is 11.7 Å². The van der Waals surface area contributed by atoms with E-state index in [2.05, 4.69) is 15.3 Å². The van der Waals surface area contributed by atoms with E-state index >= 15 is 0 Å². The first-order valence-electron chi connectivity index (χ1n) is 4.92. The first-order valence-corrected chi connectivity index (χ1v) is 6.05. The first kappa shape index (κ1) is 14.0. The molecule has 1 amide bonds. The molecule has 0 spiro atoms. The average Bonchev–Trinajstić information content (AvgIpc) is 2.34. The topological polar surface area (TPSA) is 54.9 Å². The Kier molecular flexibility index (Phi) is 4.19. The molecule has 0 unspecified atom stereocenters. The summed E-state index contributed by atoms with van der Waals surface area (Å²) in [6, 6.07) is 3.90. The van der Waals surface area contributed by atoms with Crippen molar-refractivity contribution < 1.29 is 9.18 Å². The number of amides is 1. The van der Waals surface area contributed by atoms with Gasteiger partial charge in [-0.1, -0.05) is 40.9 Å². The van der Waals surface area contributed by atoms with E-state index in [1.54, 1.807) is 0 Å². The number of hydrogen-bond donors (Lipinski definition) is 1. The van der Waals surface area contributed by atoms with Crippen molar-refractivity contribution in [2.24, 2.45) is 0 Å². The maximum Gasteiger partial charge on any atom is 0.260 e. The Morgan fingerprint density at radius 2 is 1.79 bits per heavy atom. The lowest BCUT2D eigenvalue weighted by Gasteiger charge is -2.09. The van der Waals surface area contributed by atoms with Gasteiger partial charge in [-0.2, -0.15) is 0 Å². The van der Waals surface area contributed by atoms with Crippen LogP contribution in [-0.4, -0.2) is 15.9 Å². The van der Waals surface area contributed by atoms with Gasteiger partial charge in [-0.05, 0) is 12.1 Å². The van der Waals surface area contributed by atoms with E-state index in [0.717, 1.165) is 12.4 Å². The standard InChI is InChI=1S/C11H5Cl3FN3O/c12-5-2-1-3-6(15)7(5)11(19)18-8-9(13)16-4-17-10(8)14/h1-4H,(H,18,19). The summed E-state index contributed by atoms with van der Waals surface area (Å²) in [6.45, 7) is 0. The Morgan fingerprint density at radius 3 is 2.37 bits per heavy atom. The molecule has 0 aliphatic carbocycles. The van der Waals surface area contributed by atoms with Crippen molar-refractivity contribution in [2.75, 3.05) is 5.32 Å². The Balaban J connectivity index is 2.37. The van der Waals surface area contributed by atoms with Crippen LogP contribution in [0.15, 0.2) is 24.5 Å². The maximum atomic E-state index is 13.6. The molecule has 19 heavy (non-hydrogen) atoms. The van der Waals surface area contributed by atoms with Crippen LogP contribution < -0.4 is 5.32 Å². The molecule has 0 atom stereocenters. The van der Waals surface area contributed by atoms with E-state index in [4.69, 9.17) is 34.8 Å². The normalized spacial score (nSPS) is 10.3. The third kappa shape index (κ3) is 2.94. The van der Waals surface area contributed by atoms with Gasteiger partial charge in [0.2, 0.25) is 0 Å². The zero-order valence-electron chi connectivity index (χ0n) is 9.12. The molecule has 1 heterocycles. The molecule has 0 bridgehead atoms. The third-order valence-corrected chi connectivity index (χ3v) is 3.07. The molecule has 2 rings (SSSR count). The van der Waals surface area contributed by atoms with Gasteiger partial charge in [0, 0.05) is 0 Å². The van der Waals surface area contributed by atoms with Crippen LogP contribution in [0.4, 0.5) is 10.1 Å². The van der Waals surface area contributed by atoms with E-state index in [-0.39, 0.29) is 26.6 Å². The summed E-state index contributed by atoms with van der Waals surface area (Å²) in [6.07, 6.45) is 1.14. The highest BCUT2D eigenvalue weighted by Crippen LogP contribution is 2.27. The summed E-state index contributed by atoms with van der Waals surface area (Å²) in [5.41, 5.74) is -0.310. The van der Waals surface area contributed by atoms with Crippen molar-refractivity contribution in [3.05, 3.63) is 51.2 Å². The largest absolute Gasteiger partial charge is 0.317 e. The zero-order valence-corrected chi connectivity index (χ0v) is 11.4. The number of carbonyl (C=O) groups excluding carboxylic acids is 1. The molecule has 1 N–H and O–H groups in total. The number of anilines is 1. The Morgan fingerprint density at radius 1 is 1.16 bits per heavy atom. The lowest BCUT2D eigenvalue weighted by molar-refractivity contribution is 0.102. The van der Waals surface area contributed by atoms with Crippen LogP contribution in [0.25, 0.3) is 0 Å². The molecule has 0 saturated carbocycles. The molecule has 2 aromatic rings. The first-order chi connectivity index (χ1) is 9.00. The van der Waals surface area contributed by atoms with E-state index in [1.807, 2.05) is 0 Å². The van der Waals surface area contributed by atoms with Crippen molar-refractivity contribution in [3.8, 4) is 0 Å². The van der Waals surface area contributed by atoms with Gasteiger partial charge in [0.1, 0.15) is 17.8 Å². The van der Waals surface area contributed by atoms with Crippen molar-refractivity contribution in [1.29, 1.82) is 0 Å². The quantitative estimate of drug-likeness (QED) is 0.856. The fourth-order valence-electron chi connectivity index (χ4n) is 1.34. The number of benzene rings is 1. The van der Waals surface area contributed by atoms with Gasteiger partial charge < -0.3 is 5.32 Å². The molecule has 1 aromatic carbocycles. The van der Waals surface area contributed by atoms with Crippen molar-refractivity contribution in [2.45, 2.75) is 0 Å². The second-order valence-corrected chi connectivity index (χ2v) is 4.50. The molecule has 0 radical (unpaired) electrons. The van der Waals surface area contributed by atoms with E-state index in [1.165, 1.54) is 12.1 Å². The highest BCUT2D eigenvalue weighted by atomic mass is 35.5. The molecular weight excluding hydrogens is 315 g/mol. The lowest BCUT2D eigenvalue weighted by Crippen LogP contribution is -2.15. The van der Waals surface area contributed by atoms with Crippen molar-refractivity contribution >= 4 is 46.4 Å². The number of rotatable bonds is 2. The fraction of sp³-hybridized carbons (Fsp3) is 0. The molecule has 0 aliphatic heterocycles. The van der Waals surface area contributed by atoms with Crippen LogP contribution in [-0.2, 0) is 0 Å². The maximum absolute atomic E-state index is 13.6. The van der Waals surface area contributed by atoms with Crippen LogP contribution >= 0.6 is 34.8 Å². The predicted octanol–water partition coefficient (Wildman–Crippen LogP) is 3.83. The SMILES string of the molecule is O=C(Nc1c(Cl)ncnc1Cl)c1c(F)cccc1Cl. The van der Waals surface area contributed by atoms with E-state index in [0.29, 0.717) is 0 Å². The van der Waals surface area contributed by atoms with Crippen molar-refractivity contribution in [3.63, 3.8) is 0 Å². The Bertz CT molecular complexity index is 611. The monoisotopic (exact) mass is 319 g/mol. The Hall–Kier alpha value is -1.43. The van der Waals surface area contributed by atoms with Crippen LogP contribution in [0.2, 0.25) is 15.3 Å². The smallest absolute Gasteiger partial charge is 0.260 e. The van der Waals surface area contributed by atoms with Crippen LogP contribution in [0.1, 0.15) is 10.4 Å². The molecular formula is C11H5Cl3FN3O. The molecule has 8 heteroatoms. The minimum absolute atomic E-state index is 0.00449. The van der Waals surface area contributed by atoms with Crippen LogP contribution in [0.3, 0.4) is 0 Å². The summed E-state index contributed by atoms with van der Waals surface area (Å²) in [4.78, 5) is 19.3. The van der Waals surface area contributed by atoms with Gasteiger partial charge >= 0.3 is 0 Å². The second kappa shape index (κ2) is 5.69. The average molecular weight is 321 g/mol. The fourth-order valence-corrected chi connectivity index (χ4v) is 2.00. The number of aromatic nitrogens is 2. The number of hydrogen-bond acceptors (Lipinski definition) is 3. The minimum atomic E-state index is -0.790. The molecule has 98 valence electrons. The number of nitrogens with one attached hydrogen (secondary N) is 1.